The second-order valence-electron chi connectivity index (χ2n) is 5.16. The van der Waals surface area contributed by atoms with Crippen LogP contribution in [0.25, 0.3) is 0 Å². The van der Waals surface area contributed by atoms with E-state index >= 15 is 0 Å². The Labute approximate surface area is 118 Å². The van der Waals surface area contributed by atoms with Gasteiger partial charge in [-0.15, -0.1) is 0 Å². The number of nitrogens with zero attached hydrogens (tertiary/aromatic N) is 1. The maximum atomic E-state index is 11.9. The van der Waals surface area contributed by atoms with Crippen molar-refractivity contribution >= 4 is 17.5 Å². The molecule has 2 N–H and O–H groups in total. The van der Waals surface area contributed by atoms with E-state index in [1.165, 1.54) is 0 Å². The normalized spacial score (nSPS) is 23.3. The molecule has 2 heterocycles. The van der Waals surface area contributed by atoms with Crippen molar-refractivity contribution < 1.29 is 9.32 Å². The summed E-state index contributed by atoms with van der Waals surface area (Å²) < 4.78 is 4.87. The lowest BCUT2D eigenvalue weighted by atomic mass is 9.94. The highest BCUT2D eigenvalue weighted by atomic mass is 35.5. The number of carbonyl (C=O) groups is 1. The number of amides is 1. The molecule has 2 unspecified atom stereocenters. The number of aromatic nitrogens is 1. The minimum atomic E-state index is 0.0530. The average molecular weight is 286 g/mol. The zero-order valence-electron chi connectivity index (χ0n) is 11.3. The summed E-state index contributed by atoms with van der Waals surface area (Å²) in [5, 5.41) is 10.4. The number of piperidine rings is 1. The van der Waals surface area contributed by atoms with Crippen LogP contribution in [0.1, 0.15) is 31.0 Å². The number of hydrogen-bond donors (Lipinski definition) is 2. The molecule has 0 spiro atoms. The first-order valence-electron chi connectivity index (χ1n) is 6.68. The number of rotatable bonds is 4. The van der Waals surface area contributed by atoms with Crippen LogP contribution in [0, 0.1) is 12.8 Å². The van der Waals surface area contributed by atoms with Crippen LogP contribution in [0.15, 0.2) is 4.52 Å². The highest BCUT2D eigenvalue weighted by Gasteiger charge is 2.22. The lowest BCUT2D eigenvalue weighted by Gasteiger charge is -2.30. The van der Waals surface area contributed by atoms with Gasteiger partial charge in [-0.05, 0) is 43.8 Å². The molecule has 0 bridgehead atoms. The van der Waals surface area contributed by atoms with Crippen LogP contribution in [0.5, 0.6) is 0 Å². The second kappa shape index (κ2) is 6.39. The van der Waals surface area contributed by atoms with Crippen molar-refractivity contribution in [3.63, 3.8) is 0 Å². The molecule has 1 aromatic rings. The lowest BCUT2D eigenvalue weighted by molar-refractivity contribution is -0.122. The molecule has 0 aromatic carbocycles. The Morgan fingerprint density at radius 2 is 2.42 bits per heavy atom. The van der Waals surface area contributed by atoms with Gasteiger partial charge in [0, 0.05) is 24.6 Å². The van der Waals surface area contributed by atoms with Gasteiger partial charge in [-0.2, -0.15) is 0 Å². The molecule has 2 rings (SSSR count). The minimum absolute atomic E-state index is 0.0530. The fourth-order valence-corrected chi connectivity index (χ4v) is 2.61. The third-order valence-electron chi connectivity index (χ3n) is 3.71. The van der Waals surface area contributed by atoms with Gasteiger partial charge < -0.3 is 15.2 Å². The molecular weight excluding hydrogens is 266 g/mol. The van der Waals surface area contributed by atoms with Gasteiger partial charge in [0.05, 0.1) is 5.69 Å². The molecule has 1 aliphatic rings. The largest absolute Gasteiger partial charge is 0.352 e. The maximum absolute atomic E-state index is 11.9. The van der Waals surface area contributed by atoms with Gasteiger partial charge in [0.1, 0.15) is 0 Å². The summed E-state index contributed by atoms with van der Waals surface area (Å²) in [6, 6.07) is 0.222. The van der Waals surface area contributed by atoms with E-state index in [1.807, 2.05) is 6.92 Å². The molecule has 1 fully saturated rings. The van der Waals surface area contributed by atoms with Gasteiger partial charge in [0.2, 0.25) is 11.1 Å². The lowest BCUT2D eigenvalue weighted by Crippen LogP contribution is -2.50. The van der Waals surface area contributed by atoms with Crippen molar-refractivity contribution in [2.45, 2.75) is 39.2 Å². The number of nitrogens with one attached hydrogen (secondary N) is 2. The van der Waals surface area contributed by atoms with E-state index in [1.54, 1.807) is 0 Å². The topological polar surface area (TPSA) is 67.2 Å². The molecule has 1 aliphatic heterocycles. The van der Waals surface area contributed by atoms with Crippen molar-refractivity contribution in [1.82, 2.24) is 15.8 Å². The molecule has 5 nitrogen and oxygen atoms in total. The second-order valence-corrected chi connectivity index (χ2v) is 5.51. The van der Waals surface area contributed by atoms with Crippen LogP contribution in [0.3, 0.4) is 0 Å². The molecular formula is C13H20ClN3O2. The highest BCUT2D eigenvalue weighted by Crippen LogP contribution is 2.20. The number of carbonyl (C=O) groups excluding carboxylic acids is 1. The monoisotopic (exact) mass is 285 g/mol. The summed E-state index contributed by atoms with van der Waals surface area (Å²) in [6.07, 6.45) is 2.07. The standard InChI is InChI=1S/C13H20ClN3O2/c1-8-5-6-15-7-11(8)16-12(18)4-3-10-9(2)17-19-13(10)14/h8,11,15H,3-7H2,1-2H3,(H,16,18). The third kappa shape index (κ3) is 3.70. The fourth-order valence-electron chi connectivity index (χ4n) is 2.34. The SMILES string of the molecule is Cc1noc(Cl)c1CCC(=O)NC1CNCCC1C. The van der Waals surface area contributed by atoms with Gasteiger partial charge in [0.15, 0.2) is 0 Å². The highest BCUT2D eigenvalue weighted by molar-refractivity contribution is 6.29. The number of hydrogen-bond acceptors (Lipinski definition) is 4. The van der Waals surface area contributed by atoms with Crippen molar-refractivity contribution in [1.29, 1.82) is 0 Å². The zero-order chi connectivity index (χ0) is 13.8. The van der Waals surface area contributed by atoms with Gasteiger partial charge >= 0.3 is 0 Å². The molecule has 1 aromatic heterocycles. The summed E-state index contributed by atoms with van der Waals surface area (Å²) in [4.78, 5) is 11.9. The quantitative estimate of drug-likeness (QED) is 0.883. The van der Waals surface area contributed by atoms with E-state index < -0.39 is 0 Å². The van der Waals surface area contributed by atoms with Crippen molar-refractivity contribution in [3.8, 4) is 0 Å². The third-order valence-corrected chi connectivity index (χ3v) is 4.01. The van der Waals surface area contributed by atoms with E-state index in [2.05, 4.69) is 22.7 Å². The van der Waals surface area contributed by atoms with Gasteiger partial charge in [-0.25, -0.2) is 0 Å². The summed E-state index contributed by atoms with van der Waals surface area (Å²) >= 11 is 5.87. The van der Waals surface area contributed by atoms with Gasteiger partial charge in [-0.1, -0.05) is 12.1 Å². The zero-order valence-corrected chi connectivity index (χ0v) is 12.1. The summed E-state index contributed by atoms with van der Waals surface area (Å²) in [6.45, 7) is 5.88. The first-order chi connectivity index (χ1) is 9.08. The van der Waals surface area contributed by atoms with Crippen LogP contribution in [0.4, 0.5) is 0 Å². The van der Waals surface area contributed by atoms with Crippen molar-refractivity contribution in [2.24, 2.45) is 5.92 Å². The van der Waals surface area contributed by atoms with Crippen molar-refractivity contribution in [2.75, 3.05) is 13.1 Å². The van der Waals surface area contributed by atoms with Crippen LogP contribution in [0.2, 0.25) is 5.22 Å². The summed E-state index contributed by atoms with van der Waals surface area (Å²) in [7, 11) is 0. The Hall–Kier alpha value is -1.07. The smallest absolute Gasteiger partial charge is 0.229 e. The van der Waals surface area contributed by atoms with Crippen LogP contribution in [-0.4, -0.2) is 30.2 Å². The van der Waals surface area contributed by atoms with E-state index in [0.717, 1.165) is 30.8 Å². The molecule has 0 radical (unpaired) electrons. The Kier molecular flexibility index (Phi) is 4.82. The fraction of sp³-hybridized carbons (Fsp3) is 0.692. The maximum Gasteiger partial charge on any atom is 0.229 e. The Morgan fingerprint density at radius 3 is 3.05 bits per heavy atom. The molecule has 106 valence electrons. The van der Waals surface area contributed by atoms with Crippen molar-refractivity contribution in [3.05, 3.63) is 16.5 Å². The Morgan fingerprint density at radius 1 is 1.63 bits per heavy atom. The minimum Gasteiger partial charge on any atom is -0.352 e. The number of halogens is 1. The van der Waals surface area contributed by atoms with E-state index in [-0.39, 0.29) is 17.2 Å². The molecule has 1 saturated heterocycles. The predicted octanol–water partition coefficient (Wildman–Crippen LogP) is 1.68. The first kappa shape index (κ1) is 14.3. The Bertz CT molecular complexity index is 428. The van der Waals surface area contributed by atoms with Gasteiger partial charge in [0.25, 0.3) is 0 Å². The van der Waals surface area contributed by atoms with E-state index in [4.69, 9.17) is 16.1 Å². The van der Waals surface area contributed by atoms with Crippen LogP contribution in [-0.2, 0) is 11.2 Å². The molecule has 19 heavy (non-hydrogen) atoms. The average Bonchev–Trinajstić information content (AvgIpc) is 2.70. The molecule has 6 heteroatoms. The van der Waals surface area contributed by atoms with Crippen LogP contribution < -0.4 is 10.6 Å². The Balaban J connectivity index is 1.81. The molecule has 0 saturated carbocycles. The molecule has 2 atom stereocenters. The number of aryl methyl sites for hydroxylation is 1. The first-order valence-corrected chi connectivity index (χ1v) is 7.06. The summed E-state index contributed by atoms with van der Waals surface area (Å²) in [5.41, 5.74) is 1.58. The van der Waals surface area contributed by atoms with E-state index in [9.17, 15) is 4.79 Å². The molecule has 0 aliphatic carbocycles. The molecule has 1 amide bonds. The summed E-state index contributed by atoms with van der Waals surface area (Å²) in [5.74, 6) is 0.573. The predicted molar refractivity (Wildman–Crippen MR) is 73.2 cm³/mol. The van der Waals surface area contributed by atoms with E-state index in [0.29, 0.717) is 18.8 Å². The van der Waals surface area contributed by atoms with Crippen LogP contribution >= 0.6 is 11.6 Å². The van der Waals surface area contributed by atoms with Gasteiger partial charge in [-0.3, -0.25) is 4.79 Å².